The smallest absolute Gasteiger partial charge is 0.219 e. The Hall–Kier alpha value is -3.45. The summed E-state index contributed by atoms with van der Waals surface area (Å²) in [7, 11) is 0. The first-order valence-corrected chi connectivity index (χ1v) is 13.8. The Kier molecular flexibility index (Phi) is 7.15. The van der Waals surface area contributed by atoms with Gasteiger partial charge in [0.05, 0.1) is 23.3 Å². The minimum atomic E-state index is -0.511. The summed E-state index contributed by atoms with van der Waals surface area (Å²) in [6.45, 7) is 1.99. The van der Waals surface area contributed by atoms with Crippen LogP contribution in [0.15, 0.2) is 75.5 Å². The second-order valence-corrected chi connectivity index (χ2v) is 11.4. The van der Waals surface area contributed by atoms with Crippen LogP contribution >= 0.6 is 34.7 Å². The van der Waals surface area contributed by atoms with E-state index < -0.39 is 5.92 Å². The topological polar surface area (TPSA) is 113 Å². The summed E-state index contributed by atoms with van der Waals surface area (Å²) in [6.07, 6.45) is 1.76. The number of aryl methyl sites for hydroxylation is 1. The van der Waals surface area contributed by atoms with Gasteiger partial charge in [-0.25, -0.2) is 0 Å². The van der Waals surface area contributed by atoms with E-state index in [4.69, 9.17) is 17.3 Å². The molecule has 2 heterocycles. The lowest BCUT2D eigenvalue weighted by atomic mass is 9.75. The fraction of sp³-hybridized carbons (Fsp3) is 0.222. The molecule has 0 amide bonds. The minimum absolute atomic E-state index is 0.0183. The normalized spacial score (nSPS) is 17.6. The molecule has 1 aliphatic carbocycles. The van der Waals surface area contributed by atoms with Crippen LogP contribution in [0.4, 0.5) is 5.13 Å². The van der Waals surface area contributed by atoms with E-state index in [1.165, 1.54) is 23.1 Å². The Morgan fingerprint density at radius 1 is 1.19 bits per heavy atom. The molecule has 0 radical (unpaired) electrons. The number of halogens is 1. The van der Waals surface area contributed by atoms with Crippen LogP contribution in [-0.4, -0.2) is 27.5 Å². The number of anilines is 1. The lowest BCUT2D eigenvalue weighted by molar-refractivity contribution is -0.116. The van der Waals surface area contributed by atoms with Crippen molar-refractivity contribution >= 4 is 51.4 Å². The molecular formula is C27H22ClN5O2S2. The summed E-state index contributed by atoms with van der Waals surface area (Å²) in [5, 5.41) is 19.7. The van der Waals surface area contributed by atoms with Gasteiger partial charge < -0.3 is 5.73 Å². The first-order chi connectivity index (χ1) is 17.9. The summed E-state index contributed by atoms with van der Waals surface area (Å²) >= 11 is 8.46. The van der Waals surface area contributed by atoms with Gasteiger partial charge >= 0.3 is 0 Å². The highest BCUT2D eigenvalue weighted by molar-refractivity contribution is 8.01. The Morgan fingerprint density at radius 3 is 2.62 bits per heavy atom. The average molecular weight is 548 g/mol. The molecule has 1 atom stereocenters. The standard InChI is InChI=1S/C27H22ClN5O2S2/c1-15-5-7-17(8-6-15)23-19(13-29)25(30)33(20-3-2-4-21(34)24(20)23)26-31-32-27(37-26)36-14-22(35)16-9-11-18(28)12-10-16/h5-12,23H,2-4,14,30H2,1H3. The molecule has 37 heavy (non-hydrogen) atoms. The van der Waals surface area contributed by atoms with E-state index in [0.29, 0.717) is 50.5 Å². The lowest BCUT2D eigenvalue weighted by Gasteiger charge is -2.38. The number of carbonyl (C=O) groups excluding carboxylic acids is 2. The first-order valence-electron chi connectivity index (χ1n) is 11.6. The monoisotopic (exact) mass is 547 g/mol. The molecule has 2 N–H and O–H groups in total. The average Bonchev–Trinajstić information content (AvgIpc) is 3.36. The molecule has 1 unspecified atom stereocenters. The summed E-state index contributed by atoms with van der Waals surface area (Å²) in [6, 6.07) is 16.9. The highest BCUT2D eigenvalue weighted by Crippen LogP contribution is 2.47. The Labute approximate surface area is 227 Å². The summed E-state index contributed by atoms with van der Waals surface area (Å²) in [4.78, 5) is 27.5. The molecule has 0 fully saturated rings. The van der Waals surface area contributed by atoms with Crippen LogP contribution < -0.4 is 10.6 Å². The van der Waals surface area contributed by atoms with Gasteiger partial charge in [-0.1, -0.05) is 64.5 Å². The van der Waals surface area contributed by atoms with Gasteiger partial charge in [-0.15, -0.1) is 10.2 Å². The fourth-order valence-corrected chi connectivity index (χ4v) is 6.50. The van der Waals surface area contributed by atoms with Crippen molar-refractivity contribution in [2.45, 2.75) is 36.4 Å². The number of benzene rings is 2. The molecule has 0 saturated carbocycles. The third-order valence-corrected chi connectivity index (χ3v) is 8.70. The number of thioether (sulfide) groups is 1. The van der Waals surface area contributed by atoms with E-state index in [1.54, 1.807) is 29.2 Å². The highest BCUT2D eigenvalue weighted by atomic mass is 35.5. The number of nitrogens with zero attached hydrogens (tertiary/aromatic N) is 4. The molecule has 1 aromatic heterocycles. The van der Waals surface area contributed by atoms with Crippen LogP contribution in [0.1, 0.15) is 46.7 Å². The lowest BCUT2D eigenvalue weighted by Crippen LogP contribution is -2.38. The molecule has 3 aromatic rings. The zero-order valence-electron chi connectivity index (χ0n) is 19.9. The van der Waals surface area contributed by atoms with Crippen LogP contribution in [0.2, 0.25) is 5.02 Å². The molecule has 186 valence electrons. The number of carbonyl (C=O) groups is 2. The SMILES string of the molecule is Cc1ccc(C2C(C#N)=C(N)N(c3nnc(SCC(=O)c4ccc(Cl)cc4)s3)C3=C2C(=O)CCC3)cc1. The van der Waals surface area contributed by atoms with Crippen molar-refractivity contribution in [3.05, 3.63) is 92.9 Å². The van der Waals surface area contributed by atoms with Crippen LogP contribution in [0.25, 0.3) is 0 Å². The zero-order valence-corrected chi connectivity index (χ0v) is 22.3. The highest BCUT2D eigenvalue weighted by Gasteiger charge is 2.41. The van der Waals surface area contributed by atoms with Gasteiger partial charge in [0.25, 0.3) is 0 Å². The van der Waals surface area contributed by atoms with Crippen LogP contribution in [0.5, 0.6) is 0 Å². The van der Waals surface area contributed by atoms with E-state index in [-0.39, 0.29) is 23.1 Å². The largest absolute Gasteiger partial charge is 0.384 e. The van der Waals surface area contributed by atoms with Crippen molar-refractivity contribution in [2.75, 3.05) is 10.7 Å². The van der Waals surface area contributed by atoms with Crippen molar-refractivity contribution in [3.8, 4) is 6.07 Å². The Morgan fingerprint density at radius 2 is 1.92 bits per heavy atom. The van der Waals surface area contributed by atoms with Gasteiger partial charge in [-0.3, -0.25) is 14.5 Å². The van der Waals surface area contributed by atoms with Gasteiger partial charge in [0.2, 0.25) is 5.13 Å². The predicted molar refractivity (Wildman–Crippen MR) is 146 cm³/mol. The van der Waals surface area contributed by atoms with Gasteiger partial charge in [0.1, 0.15) is 5.82 Å². The summed E-state index contributed by atoms with van der Waals surface area (Å²) < 4.78 is 0.591. The zero-order chi connectivity index (χ0) is 26.1. The van der Waals surface area contributed by atoms with Crippen LogP contribution in [0.3, 0.4) is 0 Å². The number of Topliss-reactive ketones (excluding diaryl/α,β-unsaturated/α-hetero) is 2. The van der Waals surface area contributed by atoms with E-state index >= 15 is 0 Å². The molecule has 0 spiro atoms. The molecule has 5 rings (SSSR count). The number of rotatable bonds is 6. The van der Waals surface area contributed by atoms with Crippen molar-refractivity contribution < 1.29 is 9.59 Å². The predicted octanol–water partition coefficient (Wildman–Crippen LogP) is 5.78. The van der Waals surface area contributed by atoms with Gasteiger partial charge in [0, 0.05) is 28.3 Å². The van der Waals surface area contributed by atoms with E-state index in [0.717, 1.165) is 16.8 Å². The minimum Gasteiger partial charge on any atom is -0.384 e. The maximum absolute atomic E-state index is 13.2. The number of hydrogen-bond donors (Lipinski definition) is 1. The number of allylic oxidation sites excluding steroid dienone is 3. The third-order valence-electron chi connectivity index (χ3n) is 6.40. The van der Waals surface area contributed by atoms with Gasteiger partial charge in [-0.05, 0) is 49.6 Å². The van der Waals surface area contributed by atoms with Crippen molar-refractivity contribution in [3.63, 3.8) is 0 Å². The molecule has 0 saturated heterocycles. The molecule has 2 aromatic carbocycles. The number of ketones is 2. The van der Waals surface area contributed by atoms with E-state index in [9.17, 15) is 14.9 Å². The molecule has 10 heteroatoms. The number of hydrogen-bond acceptors (Lipinski definition) is 9. The number of nitriles is 1. The summed E-state index contributed by atoms with van der Waals surface area (Å²) in [5.74, 6) is -0.0986. The van der Waals surface area contributed by atoms with E-state index in [1.807, 2.05) is 31.2 Å². The number of aromatic nitrogens is 2. The maximum atomic E-state index is 13.2. The second kappa shape index (κ2) is 10.5. The molecule has 7 nitrogen and oxygen atoms in total. The summed E-state index contributed by atoms with van der Waals surface area (Å²) in [5.41, 5.74) is 10.8. The van der Waals surface area contributed by atoms with Gasteiger partial charge in [-0.2, -0.15) is 5.26 Å². The van der Waals surface area contributed by atoms with E-state index in [2.05, 4.69) is 16.3 Å². The van der Waals surface area contributed by atoms with Gasteiger partial charge in [0.15, 0.2) is 15.9 Å². The molecule has 2 aliphatic rings. The Bertz CT molecular complexity index is 1490. The second-order valence-electron chi connectivity index (χ2n) is 8.80. The van der Waals surface area contributed by atoms with Crippen molar-refractivity contribution in [2.24, 2.45) is 5.73 Å². The molecule has 0 bridgehead atoms. The fourth-order valence-electron chi connectivity index (χ4n) is 4.59. The molecule has 1 aliphatic heterocycles. The van der Waals surface area contributed by atoms with Crippen molar-refractivity contribution in [1.82, 2.24) is 10.2 Å². The van der Waals surface area contributed by atoms with Crippen LogP contribution in [-0.2, 0) is 4.79 Å². The Balaban J connectivity index is 1.47. The van der Waals surface area contributed by atoms with Crippen LogP contribution in [0, 0.1) is 18.3 Å². The molecular weight excluding hydrogens is 526 g/mol. The first kappa shape index (κ1) is 25.2. The maximum Gasteiger partial charge on any atom is 0.219 e. The number of nitrogens with two attached hydrogens (primary N) is 1. The van der Waals surface area contributed by atoms with Crippen molar-refractivity contribution in [1.29, 1.82) is 5.26 Å². The third kappa shape index (κ3) is 4.92. The quantitative estimate of drug-likeness (QED) is 0.305.